The normalized spacial score (nSPS) is 10.1. The van der Waals surface area contributed by atoms with Crippen molar-refractivity contribution < 1.29 is 19.0 Å². The summed E-state index contributed by atoms with van der Waals surface area (Å²) in [7, 11) is 3.21. The van der Waals surface area contributed by atoms with Gasteiger partial charge >= 0.3 is 0 Å². The van der Waals surface area contributed by atoms with E-state index in [9.17, 15) is 4.79 Å². The van der Waals surface area contributed by atoms with E-state index < -0.39 is 0 Å². The van der Waals surface area contributed by atoms with Gasteiger partial charge in [-0.3, -0.25) is 4.79 Å². The van der Waals surface area contributed by atoms with Gasteiger partial charge in [0, 0.05) is 16.8 Å². The third kappa shape index (κ3) is 4.79. The summed E-state index contributed by atoms with van der Waals surface area (Å²) in [5.41, 5.74) is 2.07. The highest BCUT2D eigenvalue weighted by atomic mass is 16.5. The Morgan fingerprint density at radius 2 is 1.56 bits per heavy atom. The Bertz CT molecular complexity index is 892. The molecule has 0 saturated heterocycles. The maximum Gasteiger partial charge on any atom is 0.255 e. The predicted molar refractivity (Wildman–Crippen MR) is 105 cm³/mol. The first-order chi connectivity index (χ1) is 13.2. The highest BCUT2D eigenvalue weighted by Crippen LogP contribution is 2.24. The summed E-state index contributed by atoms with van der Waals surface area (Å²) in [6.07, 6.45) is 0. The monoisotopic (exact) mass is 363 g/mol. The average molecular weight is 363 g/mol. The van der Waals surface area contributed by atoms with Gasteiger partial charge in [-0.2, -0.15) is 0 Å². The van der Waals surface area contributed by atoms with Crippen LogP contribution in [-0.4, -0.2) is 20.1 Å². The Balaban J connectivity index is 1.73. The number of nitrogens with one attached hydrogen (secondary N) is 1. The average Bonchev–Trinajstić information content (AvgIpc) is 2.73. The number of carbonyl (C=O) groups is 1. The number of amides is 1. The van der Waals surface area contributed by atoms with Crippen LogP contribution in [-0.2, 0) is 6.61 Å². The number of ether oxygens (including phenoxy) is 3. The zero-order valence-corrected chi connectivity index (χ0v) is 15.3. The first-order valence-electron chi connectivity index (χ1n) is 8.50. The first-order valence-corrected chi connectivity index (χ1v) is 8.50. The molecule has 1 amide bonds. The van der Waals surface area contributed by atoms with Gasteiger partial charge in [-0.1, -0.05) is 18.2 Å². The highest BCUT2D eigenvalue weighted by Gasteiger charge is 2.11. The molecule has 0 aliphatic heterocycles. The zero-order valence-electron chi connectivity index (χ0n) is 15.3. The second kappa shape index (κ2) is 8.76. The van der Waals surface area contributed by atoms with E-state index in [0.717, 1.165) is 17.0 Å². The third-order valence-corrected chi connectivity index (χ3v) is 4.03. The lowest BCUT2D eigenvalue weighted by Crippen LogP contribution is -2.12. The first kappa shape index (κ1) is 18.3. The molecule has 5 heteroatoms. The fraction of sp³-hybridized carbons (Fsp3) is 0.136. The van der Waals surface area contributed by atoms with Crippen molar-refractivity contribution in [2.45, 2.75) is 6.61 Å². The van der Waals surface area contributed by atoms with Crippen molar-refractivity contribution in [2.75, 3.05) is 19.5 Å². The van der Waals surface area contributed by atoms with Crippen LogP contribution in [0.1, 0.15) is 15.9 Å². The molecule has 0 fully saturated rings. The van der Waals surface area contributed by atoms with Gasteiger partial charge < -0.3 is 19.5 Å². The number of rotatable bonds is 7. The number of hydrogen-bond donors (Lipinski definition) is 1. The highest BCUT2D eigenvalue weighted by molar-refractivity contribution is 6.04. The molecule has 3 rings (SSSR count). The van der Waals surface area contributed by atoms with Crippen LogP contribution in [0.4, 0.5) is 5.69 Å². The molecule has 27 heavy (non-hydrogen) atoms. The van der Waals surface area contributed by atoms with Gasteiger partial charge in [-0.05, 0) is 54.6 Å². The lowest BCUT2D eigenvalue weighted by molar-refractivity contribution is 0.102. The van der Waals surface area contributed by atoms with E-state index in [1.807, 2.05) is 54.6 Å². The Kier molecular flexibility index (Phi) is 5.94. The third-order valence-electron chi connectivity index (χ3n) is 4.03. The number of para-hydroxylation sites is 1. The van der Waals surface area contributed by atoms with Crippen molar-refractivity contribution >= 4 is 11.6 Å². The summed E-state index contributed by atoms with van der Waals surface area (Å²) in [5, 5.41) is 2.87. The zero-order chi connectivity index (χ0) is 19.1. The molecule has 0 saturated carbocycles. The van der Waals surface area contributed by atoms with E-state index in [2.05, 4.69) is 5.32 Å². The van der Waals surface area contributed by atoms with E-state index in [-0.39, 0.29) is 12.5 Å². The maximum atomic E-state index is 12.5. The summed E-state index contributed by atoms with van der Waals surface area (Å²) in [6.45, 7) is 0.280. The molecule has 0 aliphatic carbocycles. The van der Waals surface area contributed by atoms with Crippen LogP contribution in [0.25, 0.3) is 0 Å². The molecule has 0 spiro atoms. The van der Waals surface area contributed by atoms with Crippen LogP contribution >= 0.6 is 0 Å². The number of carbonyl (C=O) groups excluding carboxylic acids is 1. The number of methoxy groups -OCH3 is 2. The smallest absolute Gasteiger partial charge is 0.255 e. The van der Waals surface area contributed by atoms with Crippen LogP contribution in [0.5, 0.6) is 17.2 Å². The summed E-state index contributed by atoms with van der Waals surface area (Å²) >= 11 is 0. The Morgan fingerprint density at radius 3 is 2.22 bits per heavy atom. The van der Waals surface area contributed by atoms with Crippen LogP contribution in [0.15, 0.2) is 72.8 Å². The molecule has 3 aromatic carbocycles. The molecule has 0 aromatic heterocycles. The Morgan fingerprint density at radius 1 is 0.852 bits per heavy atom. The fourth-order valence-electron chi connectivity index (χ4n) is 2.59. The standard InChI is InChI=1S/C22H21NO4/c1-25-19-9-11-20(12-10-19)27-15-17-14-16(8-13-21(17)26-2)22(24)23-18-6-4-3-5-7-18/h3-14H,15H2,1-2H3,(H,23,24). The van der Waals surface area contributed by atoms with Crippen LogP contribution < -0.4 is 19.5 Å². The second-order valence-corrected chi connectivity index (χ2v) is 5.81. The lowest BCUT2D eigenvalue weighted by atomic mass is 10.1. The van der Waals surface area contributed by atoms with E-state index in [1.54, 1.807) is 32.4 Å². The molecule has 1 N–H and O–H groups in total. The van der Waals surface area contributed by atoms with Crippen LogP contribution in [0, 0.1) is 0 Å². The van der Waals surface area contributed by atoms with E-state index in [0.29, 0.717) is 17.1 Å². The topological polar surface area (TPSA) is 56.8 Å². The molecule has 5 nitrogen and oxygen atoms in total. The minimum Gasteiger partial charge on any atom is -0.497 e. The molecule has 0 unspecified atom stereocenters. The van der Waals surface area contributed by atoms with E-state index >= 15 is 0 Å². The predicted octanol–water partition coefficient (Wildman–Crippen LogP) is 4.54. The molecular weight excluding hydrogens is 342 g/mol. The second-order valence-electron chi connectivity index (χ2n) is 5.81. The lowest BCUT2D eigenvalue weighted by Gasteiger charge is -2.13. The van der Waals surface area contributed by atoms with Crippen LogP contribution in [0.2, 0.25) is 0 Å². The minimum absolute atomic E-state index is 0.186. The van der Waals surface area contributed by atoms with Crippen molar-refractivity contribution in [3.05, 3.63) is 83.9 Å². The summed E-state index contributed by atoms with van der Waals surface area (Å²) in [5.74, 6) is 1.95. The van der Waals surface area contributed by atoms with Crippen molar-refractivity contribution in [2.24, 2.45) is 0 Å². The van der Waals surface area contributed by atoms with Crippen LogP contribution in [0.3, 0.4) is 0 Å². The largest absolute Gasteiger partial charge is 0.497 e. The fourth-order valence-corrected chi connectivity index (χ4v) is 2.59. The molecule has 0 atom stereocenters. The van der Waals surface area contributed by atoms with Gasteiger partial charge in [0.05, 0.1) is 14.2 Å². The number of benzene rings is 3. The number of hydrogen-bond acceptors (Lipinski definition) is 4. The summed E-state index contributed by atoms with van der Waals surface area (Å²) < 4.78 is 16.4. The van der Waals surface area contributed by atoms with Crippen molar-refractivity contribution in [3.63, 3.8) is 0 Å². The summed E-state index contributed by atoms with van der Waals surface area (Å²) in [4.78, 5) is 12.5. The van der Waals surface area contributed by atoms with Crippen molar-refractivity contribution in [1.82, 2.24) is 0 Å². The Hall–Kier alpha value is -3.47. The molecule has 0 heterocycles. The van der Waals surface area contributed by atoms with Gasteiger partial charge in [0.2, 0.25) is 0 Å². The maximum absolute atomic E-state index is 12.5. The molecule has 0 bridgehead atoms. The Labute approximate surface area is 158 Å². The van der Waals surface area contributed by atoms with E-state index in [1.165, 1.54) is 0 Å². The van der Waals surface area contributed by atoms with Gasteiger partial charge in [0.15, 0.2) is 0 Å². The van der Waals surface area contributed by atoms with Crippen molar-refractivity contribution in [3.8, 4) is 17.2 Å². The molecule has 0 radical (unpaired) electrons. The SMILES string of the molecule is COc1ccc(OCc2cc(C(=O)Nc3ccccc3)ccc2OC)cc1. The number of anilines is 1. The summed E-state index contributed by atoms with van der Waals surface area (Å²) in [6, 6.07) is 21.9. The van der Waals surface area contributed by atoms with Crippen molar-refractivity contribution in [1.29, 1.82) is 0 Å². The van der Waals surface area contributed by atoms with Gasteiger partial charge in [-0.25, -0.2) is 0 Å². The van der Waals surface area contributed by atoms with Gasteiger partial charge in [0.1, 0.15) is 23.9 Å². The minimum atomic E-state index is -0.186. The van der Waals surface area contributed by atoms with E-state index in [4.69, 9.17) is 14.2 Å². The quantitative estimate of drug-likeness (QED) is 0.670. The molecule has 3 aromatic rings. The molecule has 138 valence electrons. The van der Waals surface area contributed by atoms with Gasteiger partial charge in [-0.15, -0.1) is 0 Å². The molecule has 0 aliphatic rings. The van der Waals surface area contributed by atoms with Gasteiger partial charge in [0.25, 0.3) is 5.91 Å². The molecular formula is C22H21NO4.